The highest BCUT2D eigenvalue weighted by molar-refractivity contribution is 5.92. The molecule has 0 bridgehead atoms. The molecule has 3 aromatic rings. The molecule has 26 heavy (non-hydrogen) atoms. The predicted octanol–water partition coefficient (Wildman–Crippen LogP) is 0.873. The summed E-state index contributed by atoms with van der Waals surface area (Å²) in [7, 11) is 1.79. The van der Waals surface area contributed by atoms with Crippen LogP contribution in [0.1, 0.15) is 34.7 Å². The summed E-state index contributed by atoms with van der Waals surface area (Å²) in [5, 5.41) is 11.7. The van der Waals surface area contributed by atoms with Crippen molar-refractivity contribution in [1.82, 2.24) is 34.7 Å². The molecule has 9 heteroatoms. The van der Waals surface area contributed by atoms with E-state index in [9.17, 15) is 4.79 Å². The Labute approximate surface area is 151 Å². The van der Waals surface area contributed by atoms with E-state index in [0.717, 1.165) is 43.1 Å². The molecule has 1 atom stereocenters. The van der Waals surface area contributed by atoms with Crippen LogP contribution in [0.2, 0.25) is 0 Å². The van der Waals surface area contributed by atoms with Crippen LogP contribution in [-0.4, -0.2) is 54.4 Å². The molecular formula is C17H22N8O. The molecule has 0 radical (unpaired) electrons. The number of nitrogens with zero attached hydrogens (tertiary/aromatic N) is 7. The molecular weight excluding hydrogens is 332 g/mol. The Morgan fingerprint density at radius 1 is 1.27 bits per heavy atom. The van der Waals surface area contributed by atoms with Crippen LogP contribution in [0.15, 0.2) is 18.5 Å². The maximum Gasteiger partial charge on any atom is 0.269 e. The van der Waals surface area contributed by atoms with Crippen LogP contribution in [-0.2, 0) is 7.05 Å². The molecule has 3 aromatic heterocycles. The topological polar surface area (TPSA) is 93.2 Å². The third kappa shape index (κ3) is 3.00. The normalized spacial score (nSPS) is 17.7. The fourth-order valence-corrected chi connectivity index (χ4v) is 3.52. The van der Waals surface area contributed by atoms with Gasteiger partial charge in [0.2, 0.25) is 0 Å². The Hall–Kier alpha value is -2.97. The minimum atomic E-state index is -0.0863. The summed E-state index contributed by atoms with van der Waals surface area (Å²) in [4.78, 5) is 23.4. The van der Waals surface area contributed by atoms with Crippen LogP contribution in [0, 0.1) is 13.8 Å². The van der Waals surface area contributed by atoms with Crippen LogP contribution < -0.4 is 10.2 Å². The van der Waals surface area contributed by atoms with Crippen LogP contribution in [0.5, 0.6) is 0 Å². The number of aromatic nitrogens is 6. The van der Waals surface area contributed by atoms with E-state index in [-0.39, 0.29) is 11.9 Å². The van der Waals surface area contributed by atoms with Crippen molar-refractivity contribution >= 4 is 17.5 Å². The number of rotatable bonds is 3. The minimum Gasteiger partial charge on any atom is -0.354 e. The van der Waals surface area contributed by atoms with Gasteiger partial charge in [-0.1, -0.05) is 0 Å². The van der Waals surface area contributed by atoms with Crippen molar-refractivity contribution < 1.29 is 4.79 Å². The molecule has 136 valence electrons. The Kier molecular flexibility index (Phi) is 4.06. The van der Waals surface area contributed by atoms with E-state index in [1.165, 1.54) is 6.33 Å². The predicted molar refractivity (Wildman–Crippen MR) is 96.2 cm³/mol. The molecule has 0 spiro atoms. The molecule has 9 nitrogen and oxygen atoms in total. The Bertz CT molecular complexity index is 959. The molecule has 4 heterocycles. The molecule has 1 unspecified atom stereocenters. The zero-order valence-electron chi connectivity index (χ0n) is 15.2. The maximum atomic E-state index is 12.6. The van der Waals surface area contributed by atoms with Crippen LogP contribution in [0.25, 0.3) is 5.78 Å². The number of aryl methyl sites for hydroxylation is 3. The summed E-state index contributed by atoms with van der Waals surface area (Å²) in [6.45, 7) is 5.47. The summed E-state index contributed by atoms with van der Waals surface area (Å²) in [5.74, 6) is 1.47. The van der Waals surface area contributed by atoms with Gasteiger partial charge in [-0.2, -0.15) is 19.7 Å². The number of carbonyl (C=O) groups is 1. The first-order valence-electron chi connectivity index (χ1n) is 8.75. The summed E-state index contributed by atoms with van der Waals surface area (Å²) >= 11 is 0. The molecule has 1 saturated heterocycles. The van der Waals surface area contributed by atoms with Gasteiger partial charge in [0.15, 0.2) is 0 Å². The van der Waals surface area contributed by atoms with Gasteiger partial charge >= 0.3 is 0 Å². The first-order valence-corrected chi connectivity index (χ1v) is 8.75. The number of hydrogen-bond donors (Lipinski definition) is 1. The monoisotopic (exact) mass is 354 g/mol. The van der Waals surface area contributed by atoms with Crippen LogP contribution in [0.4, 0.5) is 5.82 Å². The summed E-state index contributed by atoms with van der Waals surface area (Å²) in [5.41, 5.74) is 2.32. The second-order valence-corrected chi connectivity index (χ2v) is 6.78. The molecule has 4 rings (SSSR count). The molecule has 0 saturated carbocycles. The minimum absolute atomic E-state index is 0.0681. The number of anilines is 1. The van der Waals surface area contributed by atoms with Crippen molar-refractivity contribution in [1.29, 1.82) is 0 Å². The summed E-state index contributed by atoms with van der Waals surface area (Å²) in [6, 6.07) is 3.88. The molecule has 0 aliphatic carbocycles. The smallest absolute Gasteiger partial charge is 0.269 e. The molecule has 1 amide bonds. The first-order chi connectivity index (χ1) is 12.5. The SMILES string of the molecule is Cc1cc(N2CCCC(NC(=O)c3cc(C)nn3C)C2)n2ncnc2n1. The lowest BCUT2D eigenvalue weighted by Crippen LogP contribution is -2.48. The lowest BCUT2D eigenvalue weighted by molar-refractivity contribution is 0.0923. The molecule has 0 aromatic carbocycles. The van der Waals surface area contributed by atoms with Gasteiger partial charge in [0.1, 0.15) is 17.8 Å². The summed E-state index contributed by atoms with van der Waals surface area (Å²) in [6.07, 6.45) is 3.45. The van der Waals surface area contributed by atoms with Gasteiger partial charge in [-0.05, 0) is 32.8 Å². The van der Waals surface area contributed by atoms with Crippen molar-refractivity contribution in [2.75, 3.05) is 18.0 Å². The van der Waals surface area contributed by atoms with Gasteiger partial charge in [0.05, 0.1) is 5.69 Å². The van der Waals surface area contributed by atoms with E-state index in [0.29, 0.717) is 11.5 Å². The van der Waals surface area contributed by atoms with E-state index in [1.807, 2.05) is 19.9 Å². The number of piperidine rings is 1. The van der Waals surface area contributed by atoms with Crippen LogP contribution in [0.3, 0.4) is 0 Å². The largest absolute Gasteiger partial charge is 0.354 e. The van der Waals surface area contributed by atoms with Gasteiger partial charge in [0.25, 0.3) is 11.7 Å². The molecule has 1 aliphatic heterocycles. The summed E-state index contributed by atoms with van der Waals surface area (Å²) < 4.78 is 3.37. The number of amides is 1. The van der Waals surface area contributed by atoms with E-state index < -0.39 is 0 Å². The Morgan fingerprint density at radius 3 is 2.88 bits per heavy atom. The van der Waals surface area contributed by atoms with E-state index >= 15 is 0 Å². The molecule has 1 fully saturated rings. The zero-order valence-corrected chi connectivity index (χ0v) is 15.2. The van der Waals surface area contributed by atoms with Gasteiger partial charge in [-0.25, -0.2) is 4.98 Å². The average molecular weight is 354 g/mol. The van der Waals surface area contributed by atoms with E-state index in [2.05, 4.69) is 30.4 Å². The number of nitrogens with one attached hydrogen (secondary N) is 1. The lowest BCUT2D eigenvalue weighted by atomic mass is 10.1. The third-order valence-corrected chi connectivity index (χ3v) is 4.68. The molecule has 1 aliphatic rings. The lowest BCUT2D eigenvalue weighted by Gasteiger charge is -2.34. The van der Waals surface area contributed by atoms with Gasteiger partial charge in [-0.15, -0.1) is 0 Å². The van der Waals surface area contributed by atoms with Crippen molar-refractivity contribution in [2.24, 2.45) is 7.05 Å². The van der Waals surface area contributed by atoms with Crippen molar-refractivity contribution in [3.8, 4) is 0 Å². The average Bonchev–Trinajstić information content (AvgIpc) is 3.20. The Balaban J connectivity index is 1.53. The first kappa shape index (κ1) is 16.5. The number of fused-ring (bicyclic) bond motifs is 1. The van der Waals surface area contributed by atoms with Crippen molar-refractivity contribution in [3.63, 3.8) is 0 Å². The third-order valence-electron chi connectivity index (χ3n) is 4.68. The second kappa shape index (κ2) is 6.40. The van der Waals surface area contributed by atoms with Crippen LogP contribution >= 0.6 is 0 Å². The standard InChI is InChI=1S/C17H22N8O/c1-11-8-15(25-17(20-11)18-10-19-25)24-6-4-5-13(9-24)21-16(26)14-7-12(2)22-23(14)3/h7-8,10,13H,4-6,9H2,1-3H3,(H,21,26). The van der Waals surface area contributed by atoms with E-state index in [4.69, 9.17) is 0 Å². The highest BCUT2D eigenvalue weighted by atomic mass is 16.2. The van der Waals surface area contributed by atoms with Gasteiger partial charge < -0.3 is 10.2 Å². The van der Waals surface area contributed by atoms with E-state index in [1.54, 1.807) is 22.3 Å². The Morgan fingerprint density at radius 2 is 2.12 bits per heavy atom. The maximum absolute atomic E-state index is 12.6. The second-order valence-electron chi connectivity index (χ2n) is 6.78. The van der Waals surface area contributed by atoms with Gasteiger partial charge in [0, 0.05) is 37.9 Å². The zero-order chi connectivity index (χ0) is 18.3. The fraction of sp³-hybridized carbons (Fsp3) is 0.471. The number of hydrogen-bond acceptors (Lipinski definition) is 6. The highest BCUT2D eigenvalue weighted by Gasteiger charge is 2.25. The molecule has 1 N–H and O–H groups in total. The fourth-order valence-electron chi connectivity index (χ4n) is 3.52. The number of carbonyl (C=O) groups excluding carboxylic acids is 1. The quantitative estimate of drug-likeness (QED) is 0.750. The van der Waals surface area contributed by atoms with Gasteiger partial charge in [-0.3, -0.25) is 9.48 Å². The van der Waals surface area contributed by atoms with Crippen molar-refractivity contribution in [2.45, 2.75) is 32.7 Å². The van der Waals surface area contributed by atoms with Crippen molar-refractivity contribution in [3.05, 3.63) is 35.5 Å². The highest BCUT2D eigenvalue weighted by Crippen LogP contribution is 2.21.